The van der Waals surface area contributed by atoms with Crippen LogP contribution in [0.2, 0.25) is 0 Å². The molecule has 15 aromatic rings. The molecule has 364 valence electrons. The highest BCUT2D eigenvalue weighted by atomic mass is 14.5. The monoisotopic (exact) mass is 996 g/mol. The first kappa shape index (κ1) is 44.0. The van der Waals surface area contributed by atoms with E-state index in [0.29, 0.717) is 0 Å². The number of benzene rings is 15. The van der Waals surface area contributed by atoms with Gasteiger partial charge in [-0.3, -0.25) is 0 Å². The van der Waals surface area contributed by atoms with Gasteiger partial charge in [0.1, 0.15) is 0 Å². The summed E-state index contributed by atoms with van der Waals surface area (Å²) < 4.78 is 0. The molecule has 0 fully saturated rings. The van der Waals surface area contributed by atoms with E-state index in [-0.39, 0.29) is 0 Å². The molecule has 0 radical (unpaired) electrons. The average Bonchev–Trinajstić information content (AvgIpc) is 4.22. The predicted octanol–water partition coefficient (Wildman–Crippen LogP) is 21.3. The van der Waals surface area contributed by atoms with E-state index < -0.39 is 5.41 Å². The summed E-state index contributed by atoms with van der Waals surface area (Å²) >= 11 is 0. The molecule has 0 nitrogen and oxygen atoms in total. The second-order valence-electron chi connectivity index (χ2n) is 21.7. The summed E-state index contributed by atoms with van der Waals surface area (Å²) in [5.74, 6) is 0. The number of fused-ring (bicyclic) bond motifs is 16. The zero-order chi connectivity index (χ0) is 51.8. The highest BCUT2D eigenvalue weighted by Gasteiger charge is 2.52. The third-order valence-corrected chi connectivity index (χ3v) is 17.8. The Balaban J connectivity index is 0.919. The molecule has 0 heterocycles. The van der Waals surface area contributed by atoms with Gasteiger partial charge in [-0.15, -0.1) is 0 Å². The Labute approximate surface area is 458 Å². The molecule has 17 rings (SSSR count). The Morgan fingerprint density at radius 3 is 1.01 bits per heavy atom. The van der Waals surface area contributed by atoms with Crippen molar-refractivity contribution < 1.29 is 0 Å². The highest BCUT2D eigenvalue weighted by Crippen LogP contribution is 2.64. The van der Waals surface area contributed by atoms with Gasteiger partial charge in [0.05, 0.1) is 5.41 Å². The third kappa shape index (κ3) is 6.32. The van der Waals surface area contributed by atoms with Gasteiger partial charge in [0.15, 0.2) is 0 Å². The summed E-state index contributed by atoms with van der Waals surface area (Å²) in [7, 11) is 0. The molecule has 2 aliphatic rings. The SMILES string of the molecule is c1ccc(-c2c3ccccc3c(-c3ccc4c(c3)C3(c5ccccc5-c5ccccc53)c3cc(-c5ccc6c(-c7ccc8ccccc8c7)c7ccccc7c(-c7ccc8ccccc8c7)c6c5)ccc3-4)c3ccccc23)cc1. The van der Waals surface area contributed by atoms with E-state index in [1.165, 1.54) is 165 Å². The fourth-order valence-corrected chi connectivity index (χ4v) is 14.5. The van der Waals surface area contributed by atoms with Crippen LogP contribution in [0.4, 0.5) is 0 Å². The van der Waals surface area contributed by atoms with E-state index in [2.05, 4.69) is 291 Å². The Morgan fingerprint density at radius 1 is 0.165 bits per heavy atom. The molecule has 1 spiro atoms. The number of hydrogen-bond donors (Lipinski definition) is 0. The summed E-state index contributed by atoms with van der Waals surface area (Å²) in [6.45, 7) is 0. The molecule has 0 bridgehead atoms. The van der Waals surface area contributed by atoms with Crippen molar-refractivity contribution >= 4 is 64.6 Å². The highest BCUT2D eigenvalue weighted by molar-refractivity contribution is 6.24. The molecule has 0 unspecified atom stereocenters. The van der Waals surface area contributed by atoms with Crippen molar-refractivity contribution in [1.82, 2.24) is 0 Å². The van der Waals surface area contributed by atoms with Gasteiger partial charge in [0, 0.05) is 0 Å². The topological polar surface area (TPSA) is 0 Å². The van der Waals surface area contributed by atoms with Gasteiger partial charge in [-0.2, -0.15) is 0 Å². The minimum atomic E-state index is -0.563. The van der Waals surface area contributed by atoms with Crippen molar-refractivity contribution in [1.29, 1.82) is 0 Å². The van der Waals surface area contributed by atoms with Gasteiger partial charge < -0.3 is 0 Å². The van der Waals surface area contributed by atoms with Crippen molar-refractivity contribution in [3.05, 3.63) is 313 Å². The van der Waals surface area contributed by atoms with Crippen LogP contribution >= 0.6 is 0 Å². The molecule has 0 heteroatoms. The van der Waals surface area contributed by atoms with Crippen molar-refractivity contribution in [2.45, 2.75) is 5.41 Å². The quantitative estimate of drug-likeness (QED) is 0.151. The van der Waals surface area contributed by atoms with Gasteiger partial charge in [0.2, 0.25) is 0 Å². The lowest BCUT2D eigenvalue weighted by atomic mass is 9.69. The Kier molecular flexibility index (Phi) is 9.44. The molecular weight excluding hydrogens is 949 g/mol. The lowest BCUT2D eigenvalue weighted by molar-refractivity contribution is 0.794. The van der Waals surface area contributed by atoms with E-state index in [9.17, 15) is 0 Å². The van der Waals surface area contributed by atoms with Crippen LogP contribution in [-0.4, -0.2) is 0 Å². The molecular formula is C79H48. The van der Waals surface area contributed by atoms with Crippen LogP contribution in [0.5, 0.6) is 0 Å². The lowest BCUT2D eigenvalue weighted by Gasteiger charge is -2.31. The van der Waals surface area contributed by atoms with Crippen LogP contribution in [0.15, 0.2) is 291 Å². The molecule has 79 heavy (non-hydrogen) atoms. The van der Waals surface area contributed by atoms with E-state index in [1.54, 1.807) is 0 Å². The van der Waals surface area contributed by atoms with E-state index in [1.807, 2.05) is 0 Å². The van der Waals surface area contributed by atoms with Crippen molar-refractivity contribution in [2.75, 3.05) is 0 Å². The van der Waals surface area contributed by atoms with Crippen LogP contribution in [0, 0.1) is 0 Å². The smallest absolute Gasteiger partial charge is 0.0622 e. The zero-order valence-corrected chi connectivity index (χ0v) is 43.2. The van der Waals surface area contributed by atoms with Crippen LogP contribution in [-0.2, 0) is 5.41 Å². The maximum absolute atomic E-state index is 2.57. The summed E-state index contributed by atoms with van der Waals surface area (Å²) in [6.07, 6.45) is 0. The summed E-state index contributed by atoms with van der Waals surface area (Å²) in [6, 6.07) is 110. The Morgan fingerprint density at radius 2 is 0.494 bits per heavy atom. The van der Waals surface area contributed by atoms with Crippen LogP contribution in [0.1, 0.15) is 22.3 Å². The average molecular weight is 997 g/mol. The molecule has 0 saturated heterocycles. The minimum absolute atomic E-state index is 0.563. The van der Waals surface area contributed by atoms with Gasteiger partial charge >= 0.3 is 0 Å². The largest absolute Gasteiger partial charge is 0.0725 e. The van der Waals surface area contributed by atoms with E-state index in [4.69, 9.17) is 0 Å². The second kappa shape index (κ2) is 16.9. The predicted molar refractivity (Wildman–Crippen MR) is 335 cm³/mol. The minimum Gasteiger partial charge on any atom is -0.0622 e. The first-order valence-corrected chi connectivity index (χ1v) is 27.6. The first-order chi connectivity index (χ1) is 39.2. The summed E-state index contributed by atoms with van der Waals surface area (Å²) in [5, 5.41) is 15.0. The van der Waals surface area contributed by atoms with Crippen LogP contribution < -0.4 is 0 Å². The van der Waals surface area contributed by atoms with E-state index >= 15 is 0 Å². The van der Waals surface area contributed by atoms with Crippen LogP contribution in [0.25, 0.3) is 143 Å². The summed E-state index contributed by atoms with van der Waals surface area (Å²) in [5.41, 5.74) is 22.3. The second-order valence-corrected chi connectivity index (χ2v) is 21.7. The van der Waals surface area contributed by atoms with Gasteiger partial charge in [-0.1, -0.05) is 261 Å². The van der Waals surface area contributed by atoms with Gasteiger partial charge in [-0.05, 0) is 195 Å². The normalized spacial score (nSPS) is 12.9. The maximum atomic E-state index is 2.57. The fraction of sp³-hybridized carbons (Fsp3) is 0.0127. The molecule has 0 amide bonds. The molecule has 2 aliphatic carbocycles. The lowest BCUT2D eigenvalue weighted by Crippen LogP contribution is -2.26. The van der Waals surface area contributed by atoms with Gasteiger partial charge in [-0.25, -0.2) is 0 Å². The van der Waals surface area contributed by atoms with Crippen molar-refractivity contribution in [3.8, 4) is 77.9 Å². The fourth-order valence-electron chi connectivity index (χ4n) is 14.5. The molecule has 15 aromatic carbocycles. The Bertz CT molecular complexity index is 4970. The van der Waals surface area contributed by atoms with E-state index in [0.717, 1.165) is 0 Å². The first-order valence-electron chi connectivity index (χ1n) is 27.6. The van der Waals surface area contributed by atoms with Crippen molar-refractivity contribution in [2.24, 2.45) is 0 Å². The third-order valence-electron chi connectivity index (χ3n) is 17.8. The molecule has 0 aliphatic heterocycles. The molecule has 0 N–H and O–H groups in total. The molecule has 0 aromatic heterocycles. The molecule has 0 saturated carbocycles. The standard InChI is InChI=1S/C79H48/c1-2-20-51(21-3-1)75-63-26-8-10-28-65(63)77(66-29-11-9-27-64(66)75)58-40-42-62-61-41-38-55(47-73(61)79(74(62)48-58)71-32-16-14-24-59(71)60-25-15-17-33-72(60)79)54-39-43-69-70(46-54)78(57-37-35-50-19-5-7-23-53(50)45-57)68-31-13-12-30-67(68)76(69)56-36-34-49-18-4-6-22-52(49)44-56/h1-48H. The number of hydrogen-bond acceptors (Lipinski definition) is 0. The Hall–Kier alpha value is -10.1. The molecule has 0 atom stereocenters. The van der Waals surface area contributed by atoms with Crippen molar-refractivity contribution in [3.63, 3.8) is 0 Å². The summed E-state index contributed by atoms with van der Waals surface area (Å²) in [4.78, 5) is 0. The maximum Gasteiger partial charge on any atom is 0.0725 e. The van der Waals surface area contributed by atoms with Gasteiger partial charge in [0.25, 0.3) is 0 Å². The zero-order valence-electron chi connectivity index (χ0n) is 43.2. The van der Waals surface area contributed by atoms with Crippen LogP contribution in [0.3, 0.4) is 0 Å². The number of rotatable bonds is 5.